The fraction of sp³-hybridized carbons (Fsp3) is 0.312. The summed E-state index contributed by atoms with van der Waals surface area (Å²) in [5.74, 6) is -0.0804. The van der Waals surface area contributed by atoms with Crippen LogP contribution in [0.2, 0.25) is 0 Å². The molecule has 1 saturated heterocycles. The quantitative estimate of drug-likeness (QED) is 0.929. The van der Waals surface area contributed by atoms with Crippen LogP contribution in [-0.2, 0) is 9.53 Å². The van der Waals surface area contributed by atoms with Crippen LogP contribution < -0.4 is 4.74 Å². The Morgan fingerprint density at radius 2 is 2.00 bits per heavy atom. The topological polar surface area (TPSA) is 55.8 Å². The molecule has 4 nitrogen and oxygen atoms in total. The lowest BCUT2D eigenvalue weighted by Crippen LogP contribution is -2.23. The first-order chi connectivity index (χ1) is 9.74. The second-order valence-electron chi connectivity index (χ2n) is 4.95. The van der Waals surface area contributed by atoms with E-state index in [9.17, 15) is 4.79 Å². The Morgan fingerprint density at radius 1 is 1.20 bits per heavy atom. The van der Waals surface area contributed by atoms with E-state index in [0.717, 1.165) is 22.9 Å². The van der Waals surface area contributed by atoms with Crippen LogP contribution in [0.15, 0.2) is 42.5 Å². The minimum atomic E-state index is -0.891. The Bertz CT molecular complexity index is 617. The number of ether oxygens (including phenoxy) is 2. The molecule has 1 heterocycles. The molecular weight excluding hydrogens is 256 g/mol. The van der Waals surface area contributed by atoms with E-state index in [1.54, 1.807) is 0 Å². The van der Waals surface area contributed by atoms with Crippen molar-refractivity contribution in [2.24, 2.45) is 0 Å². The predicted octanol–water partition coefficient (Wildman–Crippen LogP) is 2.85. The van der Waals surface area contributed by atoms with Gasteiger partial charge in [0.1, 0.15) is 12.4 Å². The fourth-order valence-electron chi connectivity index (χ4n) is 2.51. The van der Waals surface area contributed by atoms with Crippen molar-refractivity contribution < 1.29 is 19.4 Å². The Labute approximate surface area is 116 Å². The fourth-order valence-corrected chi connectivity index (χ4v) is 2.51. The van der Waals surface area contributed by atoms with Gasteiger partial charge in [0.25, 0.3) is 0 Å². The molecule has 4 heteroatoms. The second-order valence-corrected chi connectivity index (χ2v) is 4.95. The van der Waals surface area contributed by atoms with Gasteiger partial charge < -0.3 is 14.6 Å². The third kappa shape index (κ3) is 2.60. The molecule has 2 unspecified atom stereocenters. The van der Waals surface area contributed by atoms with Gasteiger partial charge >= 0.3 is 5.97 Å². The number of carbonyl (C=O) groups is 1. The lowest BCUT2D eigenvalue weighted by molar-refractivity contribution is -0.149. The third-order valence-corrected chi connectivity index (χ3v) is 3.56. The van der Waals surface area contributed by atoms with Crippen LogP contribution in [0.3, 0.4) is 0 Å². The van der Waals surface area contributed by atoms with Gasteiger partial charge in [-0.2, -0.15) is 0 Å². The Balaban J connectivity index is 1.67. The van der Waals surface area contributed by atoms with E-state index >= 15 is 0 Å². The van der Waals surface area contributed by atoms with E-state index in [-0.39, 0.29) is 6.10 Å². The number of rotatable bonds is 4. The smallest absolute Gasteiger partial charge is 0.332 e. The van der Waals surface area contributed by atoms with Gasteiger partial charge in [-0.15, -0.1) is 0 Å². The standard InChI is InChI=1S/C16H16O4/c17-16(18)15-9-8-12(20-15)10-19-14-7-3-5-11-4-1-2-6-13(11)14/h1-7,12,15H,8-10H2,(H,17,18). The number of benzene rings is 2. The molecule has 0 bridgehead atoms. The van der Waals surface area contributed by atoms with Crippen molar-refractivity contribution in [1.82, 2.24) is 0 Å². The number of aliphatic carboxylic acids is 1. The summed E-state index contributed by atoms with van der Waals surface area (Å²) < 4.78 is 11.2. The molecule has 0 radical (unpaired) electrons. The van der Waals surface area contributed by atoms with Gasteiger partial charge in [0, 0.05) is 5.39 Å². The molecule has 0 amide bonds. The highest BCUT2D eigenvalue weighted by Gasteiger charge is 2.30. The summed E-state index contributed by atoms with van der Waals surface area (Å²) in [4.78, 5) is 10.8. The summed E-state index contributed by atoms with van der Waals surface area (Å²) in [6.07, 6.45) is 0.451. The first kappa shape index (κ1) is 12.9. The number of fused-ring (bicyclic) bond motifs is 1. The van der Waals surface area contributed by atoms with Crippen LogP contribution in [0.4, 0.5) is 0 Å². The lowest BCUT2D eigenvalue weighted by atomic mass is 10.1. The maximum absolute atomic E-state index is 10.8. The number of carboxylic acids is 1. The van der Waals surface area contributed by atoms with Crippen LogP contribution in [-0.4, -0.2) is 29.9 Å². The van der Waals surface area contributed by atoms with Gasteiger partial charge in [0.15, 0.2) is 6.10 Å². The second kappa shape index (κ2) is 5.51. The molecule has 1 N–H and O–H groups in total. The van der Waals surface area contributed by atoms with Crippen molar-refractivity contribution in [3.63, 3.8) is 0 Å². The molecule has 0 saturated carbocycles. The van der Waals surface area contributed by atoms with Crippen LogP contribution in [0.25, 0.3) is 10.8 Å². The van der Waals surface area contributed by atoms with Gasteiger partial charge in [0.2, 0.25) is 0 Å². The molecule has 2 aromatic rings. The molecule has 104 valence electrons. The molecule has 2 aromatic carbocycles. The molecule has 0 aliphatic carbocycles. The van der Waals surface area contributed by atoms with E-state index in [2.05, 4.69) is 0 Å². The maximum Gasteiger partial charge on any atom is 0.332 e. The van der Waals surface area contributed by atoms with Crippen molar-refractivity contribution in [1.29, 1.82) is 0 Å². The van der Waals surface area contributed by atoms with Crippen LogP contribution in [0, 0.1) is 0 Å². The lowest BCUT2D eigenvalue weighted by Gasteiger charge is -2.14. The van der Waals surface area contributed by atoms with E-state index in [1.165, 1.54) is 0 Å². The highest BCUT2D eigenvalue weighted by atomic mass is 16.6. The summed E-state index contributed by atoms with van der Waals surface area (Å²) in [6, 6.07) is 13.9. The Kier molecular flexibility index (Phi) is 3.56. The summed E-state index contributed by atoms with van der Waals surface area (Å²) in [6.45, 7) is 0.387. The summed E-state index contributed by atoms with van der Waals surface area (Å²) in [5, 5.41) is 11.1. The number of carboxylic acid groups (broad SMARTS) is 1. The zero-order chi connectivity index (χ0) is 13.9. The van der Waals surface area contributed by atoms with Crippen LogP contribution in [0.1, 0.15) is 12.8 Å². The third-order valence-electron chi connectivity index (χ3n) is 3.56. The van der Waals surface area contributed by atoms with Gasteiger partial charge in [-0.3, -0.25) is 0 Å². The highest BCUT2D eigenvalue weighted by molar-refractivity contribution is 5.88. The average molecular weight is 272 g/mol. The summed E-state index contributed by atoms with van der Waals surface area (Å²) in [5.41, 5.74) is 0. The minimum absolute atomic E-state index is 0.143. The largest absolute Gasteiger partial charge is 0.490 e. The molecule has 2 atom stereocenters. The van der Waals surface area contributed by atoms with Crippen LogP contribution in [0.5, 0.6) is 5.75 Å². The zero-order valence-electron chi connectivity index (χ0n) is 11.0. The Morgan fingerprint density at radius 3 is 2.80 bits per heavy atom. The van der Waals surface area contributed by atoms with Crippen molar-refractivity contribution >= 4 is 16.7 Å². The van der Waals surface area contributed by atoms with E-state index in [0.29, 0.717) is 13.0 Å². The molecule has 0 aromatic heterocycles. The van der Waals surface area contributed by atoms with Gasteiger partial charge in [0.05, 0.1) is 6.10 Å². The summed E-state index contributed by atoms with van der Waals surface area (Å²) in [7, 11) is 0. The molecule has 1 fully saturated rings. The molecule has 3 rings (SSSR count). The Hall–Kier alpha value is -2.07. The zero-order valence-corrected chi connectivity index (χ0v) is 11.0. The SMILES string of the molecule is O=C(O)C1CCC(COc2cccc3ccccc23)O1. The van der Waals surface area contributed by atoms with Crippen molar-refractivity contribution in [2.45, 2.75) is 25.0 Å². The molecule has 0 spiro atoms. The monoisotopic (exact) mass is 272 g/mol. The predicted molar refractivity (Wildman–Crippen MR) is 75.0 cm³/mol. The van der Waals surface area contributed by atoms with Gasteiger partial charge in [-0.1, -0.05) is 36.4 Å². The highest BCUT2D eigenvalue weighted by Crippen LogP contribution is 2.27. The van der Waals surface area contributed by atoms with Crippen molar-refractivity contribution in [2.75, 3.05) is 6.61 Å². The number of hydrogen-bond donors (Lipinski definition) is 1. The van der Waals surface area contributed by atoms with Gasteiger partial charge in [-0.25, -0.2) is 4.79 Å². The normalized spacial score (nSPS) is 22.0. The molecule has 1 aliphatic heterocycles. The maximum atomic E-state index is 10.8. The van der Waals surface area contributed by atoms with Crippen molar-refractivity contribution in [3.05, 3.63) is 42.5 Å². The molecule has 1 aliphatic rings. The first-order valence-corrected chi connectivity index (χ1v) is 6.73. The summed E-state index contributed by atoms with van der Waals surface area (Å²) >= 11 is 0. The van der Waals surface area contributed by atoms with Gasteiger partial charge in [-0.05, 0) is 24.3 Å². The van der Waals surface area contributed by atoms with E-state index in [4.69, 9.17) is 14.6 Å². The van der Waals surface area contributed by atoms with E-state index < -0.39 is 12.1 Å². The molecule has 20 heavy (non-hydrogen) atoms. The minimum Gasteiger partial charge on any atom is -0.490 e. The average Bonchev–Trinajstić information content (AvgIpc) is 2.94. The van der Waals surface area contributed by atoms with Crippen LogP contribution >= 0.6 is 0 Å². The molecular formula is C16H16O4. The number of hydrogen-bond acceptors (Lipinski definition) is 3. The van der Waals surface area contributed by atoms with E-state index in [1.807, 2.05) is 42.5 Å². The first-order valence-electron chi connectivity index (χ1n) is 6.73. The van der Waals surface area contributed by atoms with Crippen molar-refractivity contribution in [3.8, 4) is 5.75 Å².